The maximum absolute atomic E-state index is 14.4. The van der Waals surface area contributed by atoms with Crippen molar-refractivity contribution in [1.29, 1.82) is 0 Å². The summed E-state index contributed by atoms with van der Waals surface area (Å²) in [6.07, 6.45) is 3.67. The molecule has 1 fully saturated rings. The lowest BCUT2D eigenvalue weighted by Crippen LogP contribution is -2.42. The molecule has 3 heterocycles. The summed E-state index contributed by atoms with van der Waals surface area (Å²) in [6, 6.07) is 10.9. The highest BCUT2D eigenvalue weighted by molar-refractivity contribution is 7.99. The molecule has 1 N–H and O–H groups in total. The maximum Gasteiger partial charge on any atom is 0.263 e. The van der Waals surface area contributed by atoms with Crippen LogP contribution >= 0.6 is 23.4 Å². The molecule has 194 valence electrons. The Morgan fingerprint density at radius 2 is 2.00 bits per heavy atom. The van der Waals surface area contributed by atoms with Gasteiger partial charge in [-0.2, -0.15) is 0 Å². The SMILES string of the molecule is COc1cc(Nc2ncc3c(n2)SCN(c2c(F)cccc2Cl)C3=O)ccc1N1CCC(N(C)C)CC1. The summed E-state index contributed by atoms with van der Waals surface area (Å²) in [5.74, 6) is 0.377. The van der Waals surface area contributed by atoms with Gasteiger partial charge < -0.3 is 19.9 Å². The number of carbonyl (C=O) groups is 1. The van der Waals surface area contributed by atoms with Gasteiger partial charge in [-0.15, -0.1) is 0 Å². The van der Waals surface area contributed by atoms with E-state index >= 15 is 0 Å². The molecule has 1 amide bonds. The van der Waals surface area contributed by atoms with Crippen LogP contribution in [0, 0.1) is 5.82 Å². The van der Waals surface area contributed by atoms with Gasteiger partial charge in [-0.25, -0.2) is 14.4 Å². The standard InChI is InChI=1S/C26H28ClFN6O2S/c1-32(2)17-9-11-33(12-10-17)21-8-7-16(13-22(21)36-3)30-26-29-14-18-24(31-26)37-15-34(25(18)35)23-19(27)5-4-6-20(23)28/h4-8,13-14,17H,9-12,15H2,1-3H3,(H,29,30,31). The number of carbonyl (C=O) groups excluding carboxylic acids is 1. The first-order valence-electron chi connectivity index (χ1n) is 12.0. The summed E-state index contributed by atoms with van der Waals surface area (Å²) in [5.41, 5.74) is 2.20. The minimum absolute atomic E-state index is 0.0626. The topological polar surface area (TPSA) is 73.8 Å². The highest BCUT2D eigenvalue weighted by Gasteiger charge is 2.31. The molecular weight excluding hydrogens is 515 g/mol. The zero-order chi connectivity index (χ0) is 26.1. The zero-order valence-corrected chi connectivity index (χ0v) is 22.4. The van der Waals surface area contributed by atoms with E-state index in [0.29, 0.717) is 22.6 Å². The van der Waals surface area contributed by atoms with Crippen molar-refractivity contribution in [2.24, 2.45) is 0 Å². The zero-order valence-electron chi connectivity index (χ0n) is 20.9. The minimum Gasteiger partial charge on any atom is -0.495 e. The number of nitrogens with zero attached hydrogens (tertiary/aromatic N) is 5. The van der Waals surface area contributed by atoms with Crippen molar-refractivity contribution in [3.8, 4) is 5.75 Å². The monoisotopic (exact) mass is 542 g/mol. The number of hydrogen-bond acceptors (Lipinski definition) is 8. The Morgan fingerprint density at radius 1 is 1.22 bits per heavy atom. The van der Waals surface area contributed by atoms with Crippen molar-refractivity contribution < 1.29 is 13.9 Å². The van der Waals surface area contributed by atoms with E-state index in [1.165, 1.54) is 35.0 Å². The van der Waals surface area contributed by atoms with Gasteiger partial charge in [0, 0.05) is 37.1 Å². The number of piperidine rings is 1. The molecule has 5 rings (SSSR count). The average Bonchev–Trinajstić information content (AvgIpc) is 2.90. The Bertz CT molecular complexity index is 1300. The maximum atomic E-state index is 14.4. The summed E-state index contributed by atoms with van der Waals surface area (Å²) >= 11 is 7.50. The molecule has 11 heteroatoms. The first-order valence-corrected chi connectivity index (χ1v) is 13.3. The second-order valence-electron chi connectivity index (χ2n) is 9.18. The third-order valence-corrected chi connectivity index (χ3v) is 8.02. The number of amides is 1. The van der Waals surface area contributed by atoms with Gasteiger partial charge in [0.2, 0.25) is 5.95 Å². The molecule has 3 aromatic rings. The Kier molecular flexibility index (Phi) is 7.41. The molecular formula is C26H28ClFN6O2S. The predicted molar refractivity (Wildman–Crippen MR) is 146 cm³/mol. The number of benzene rings is 2. The van der Waals surface area contributed by atoms with Crippen molar-refractivity contribution >= 4 is 52.3 Å². The molecule has 37 heavy (non-hydrogen) atoms. The van der Waals surface area contributed by atoms with Crippen LogP contribution in [0.4, 0.5) is 27.4 Å². The molecule has 0 atom stereocenters. The molecule has 0 unspecified atom stereocenters. The van der Waals surface area contributed by atoms with Gasteiger partial charge in [0.25, 0.3) is 5.91 Å². The second kappa shape index (κ2) is 10.7. The average molecular weight is 543 g/mol. The number of fused-ring (bicyclic) bond motifs is 1. The summed E-state index contributed by atoms with van der Waals surface area (Å²) in [5, 5.41) is 3.91. The van der Waals surface area contributed by atoms with Gasteiger partial charge in [0.05, 0.1) is 34.9 Å². The molecule has 8 nitrogen and oxygen atoms in total. The summed E-state index contributed by atoms with van der Waals surface area (Å²) in [4.78, 5) is 27.9. The van der Waals surface area contributed by atoms with Crippen LogP contribution in [0.2, 0.25) is 5.02 Å². The number of ether oxygens (including phenoxy) is 1. The number of para-hydroxylation sites is 1. The Labute approximate surface area is 224 Å². The largest absolute Gasteiger partial charge is 0.495 e. The van der Waals surface area contributed by atoms with Gasteiger partial charge in [-0.1, -0.05) is 29.4 Å². The van der Waals surface area contributed by atoms with E-state index in [9.17, 15) is 9.18 Å². The van der Waals surface area contributed by atoms with Crippen LogP contribution in [0.3, 0.4) is 0 Å². The lowest BCUT2D eigenvalue weighted by Gasteiger charge is -2.37. The highest BCUT2D eigenvalue weighted by Crippen LogP contribution is 2.38. The van der Waals surface area contributed by atoms with E-state index in [1.54, 1.807) is 13.2 Å². The fraction of sp³-hybridized carbons (Fsp3) is 0.346. The van der Waals surface area contributed by atoms with Gasteiger partial charge in [0.15, 0.2) is 0 Å². The van der Waals surface area contributed by atoms with Crippen molar-refractivity contribution in [1.82, 2.24) is 14.9 Å². The van der Waals surface area contributed by atoms with Crippen LogP contribution in [0.1, 0.15) is 23.2 Å². The van der Waals surface area contributed by atoms with Gasteiger partial charge in [0.1, 0.15) is 16.6 Å². The molecule has 1 saturated heterocycles. The van der Waals surface area contributed by atoms with Crippen molar-refractivity contribution in [3.63, 3.8) is 0 Å². The van der Waals surface area contributed by atoms with E-state index in [1.807, 2.05) is 18.2 Å². The number of aromatic nitrogens is 2. The van der Waals surface area contributed by atoms with Gasteiger partial charge >= 0.3 is 0 Å². The van der Waals surface area contributed by atoms with Crippen molar-refractivity contribution in [3.05, 3.63) is 59.0 Å². The highest BCUT2D eigenvalue weighted by atomic mass is 35.5. The molecule has 0 spiro atoms. The van der Waals surface area contributed by atoms with Crippen molar-refractivity contribution in [2.45, 2.75) is 23.9 Å². The van der Waals surface area contributed by atoms with Crippen LogP contribution in [0.5, 0.6) is 5.75 Å². The first-order chi connectivity index (χ1) is 17.9. The molecule has 0 saturated carbocycles. The normalized spacial score (nSPS) is 16.2. The van der Waals surface area contributed by atoms with E-state index in [2.05, 4.69) is 39.2 Å². The van der Waals surface area contributed by atoms with Crippen LogP contribution in [0.25, 0.3) is 0 Å². The number of rotatable bonds is 6. The third-order valence-electron chi connectivity index (χ3n) is 6.74. The lowest BCUT2D eigenvalue weighted by molar-refractivity contribution is 0.0985. The predicted octanol–water partition coefficient (Wildman–Crippen LogP) is 5.26. The lowest BCUT2D eigenvalue weighted by atomic mass is 10.0. The van der Waals surface area contributed by atoms with Crippen LogP contribution in [-0.4, -0.2) is 67.0 Å². The number of anilines is 4. The Hall–Kier alpha value is -3.08. The van der Waals surface area contributed by atoms with E-state index < -0.39 is 11.7 Å². The van der Waals surface area contributed by atoms with E-state index in [-0.39, 0.29) is 16.6 Å². The molecule has 0 radical (unpaired) electrons. The van der Waals surface area contributed by atoms with Crippen LogP contribution in [0.15, 0.2) is 47.6 Å². The quantitative estimate of drug-likeness (QED) is 0.423. The molecule has 0 bridgehead atoms. The smallest absolute Gasteiger partial charge is 0.263 e. The minimum atomic E-state index is -0.552. The second-order valence-corrected chi connectivity index (χ2v) is 10.5. The molecule has 2 aromatic carbocycles. The Balaban J connectivity index is 1.32. The van der Waals surface area contributed by atoms with Gasteiger partial charge in [-0.3, -0.25) is 9.69 Å². The van der Waals surface area contributed by atoms with Crippen LogP contribution in [-0.2, 0) is 0 Å². The number of nitrogens with one attached hydrogen (secondary N) is 1. The van der Waals surface area contributed by atoms with E-state index in [0.717, 1.165) is 43.1 Å². The number of hydrogen-bond donors (Lipinski definition) is 1. The first kappa shape index (κ1) is 25.6. The van der Waals surface area contributed by atoms with Gasteiger partial charge in [-0.05, 0) is 51.2 Å². The molecule has 0 aliphatic carbocycles. The number of methoxy groups -OCH3 is 1. The van der Waals surface area contributed by atoms with Crippen molar-refractivity contribution in [2.75, 3.05) is 55.3 Å². The number of thioether (sulfide) groups is 1. The number of halogens is 2. The molecule has 1 aromatic heterocycles. The fourth-order valence-corrected chi connectivity index (χ4v) is 5.90. The summed E-state index contributed by atoms with van der Waals surface area (Å²) in [7, 11) is 5.93. The summed E-state index contributed by atoms with van der Waals surface area (Å²) < 4.78 is 20.1. The fourth-order valence-electron chi connectivity index (χ4n) is 4.69. The molecule has 2 aliphatic rings. The van der Waals surface area contributed by atoms with E-state index in [4.69, 9.17) is 16.3 Å². The molecule has 2 aliphatic heterocycles. The summed E-state index contributed by atoms with van der Waals surface area (Å²) in [6.45, 7) is 1.94. The third kappa shape index (κ3) is 5.18. The van der Waals surface area contributed by atoms with Crippen LogP contribution < -0.4 is 19.9 Å². The Morgan fingerprint density at radius 3 is 2.70 bits per heavy atom.